The van der Waals surface area contributed by atoms with Gasteiger partial charge in [0.2, 0.25) is 0 Å². The molecule has 0 amide bonds. The van der Waals surface area contributed by atoms with E-state index in [2.05, 4.69) is 207 Å². The maximum absolute atomic E-state index is 2.55. The molecular formula is C55H37N. The molecular weight excluding hydrogens is 675 g/mol. The van der Waals surface area contributed by atoms with Crippen LogP contribution in [0, 0.1) is 0 Å². The maximum Gasteiger partial charge on any atom is 0.0543 e. The molecule has 0 atom stereocenters. The van der Waals surface area contributed by atoms with Crippen molar-refractivity contribution in [3.05, 3.63) is 199 Å². The van der Waals surface area contributed by atoms with Crippen molar-refractivity contribution in [3.8, 4) is 22.3 Å². The predicted octanol–water partition coefficient (Wildman–Crippen LogP) is 15.5. The summed E-state index contributed by atoms with van der Waals surface area (Å²) in [6, 6.07) is 70.4. The summed E-state index contributed by atoms with van der Waals surface area (Å²) in [5.74, 6) is 0. The number of nitrogens with zero attached hydrogens (tertiary/aromatic N) is 1. The molecule has 12 rings (SSSR count). The van der Waals surface area contributed by atoms with Crippen molar-refractivity contribution in [1.82, 2.24) is 0 Å². The first-order valence-electron chi connectivity index (χ1n) is 19.7. The van der Waals surface area contributed by atoms with Crippen LogP contribution < -0.4 is 4.90 Å². The zero-order valence-electron chi connectivity index (χ0n) is 31.3. The highest BCUT2D eigenvalue weighted by Gasteiger charge is 2.38. The fraction of sp³-hybridized carbons (Fsp3) is 0.0545. The van der Waals surface area contributed by atoms with E-state index in [1.54, 1.807) is 0 Å². The van der Waals surface area contributed by atoms with Gasteiger partial charge in [-0.15, -0.1) is 0 Å². The third-order valence-electron chi connectivity index (χ3n) is 12.7. The molecule has 0 radical (unpaired) electrons. The van der Waals surface area contributed by atoms with E-state index in [1.165, 1.54) is 104 Å². The van der Waals surface area contributed by atoms with Gasteiger partial charge in [0.1, 0.15) is 0 Å². The van der Waals surface area contributed by atoms with Gasteiger partial charge in [0.05, 0.1) is 11.4 Å². The third kappa shape index (κ3) is 4.26. The molecule has 0 fully saturated rings. The first kappa shape index (κ1) is 31.4. The van der Waals surface area contributed by atoms with Crippen LogP contribution in [0.5, 0.6) is 0 Å². The monoisotopic (exact) mass is 711 g/mol. The summed E-state index contributed by atoms with van der Waals surface area (Å²) in [7, 11) is 0. The second-order valence-electron chi connectivity index (χ2n) is 16.0. The van der Waals surface area contributed by atoms with E-state index < -0.39 is 0 Å². The third-order valence-corrected chi connectivity index (χ3v) is 12.7. The standard InChI is InChI=1S/C55H37N/c1-55(2)46-24-8-6-20-44(46)54-47(55)25-13-27-49(54)56(48-26-9-7-19-40(48)34-14-4-3-5-15-34)39-32-38-31-30-37-17-11-22-42-41-21-10-16-35-28-29-36-18-12-23-43(52(36)50(35)41)45(33-39)53(38)51(37)42/h3-33H,1-2H3. The average Bonchev–Trinajstić information content (AvgIpc) is 3.49. The Bertz CT molecular complexity index is 3380. The summed E-state index contributed by atoms with van der Waals surface area (Å²) in [6.45, 7) is 4.75. The zero-order chi connectivity index (χ0) is 37.1. The molecule has 1 aliphatic carbocycles. The highest BCUT2D eigenvalue weighted by atomic mass is 15.1. The van der Waals surface area contributed by atoms with Crippen molar-refractivity contribution in [2.75, 3.05) is 4.90 Å². The molecule has 1 heteroatoms. The van der Waals surface area contributed by atoms with E-state index in [0.29, 0.717) is 0 Å². The Labute approximate surface area is 326 Å². The first-order chi connectivity index (χ1) is 27.6. The molecule has 11 aromatic rings. The summed E-state index contributed by atoms with van der Waals surface area (Å²) >= 11 is 0. The number of benzene rings is 10. The SMILES string of the molecule is CC1(C)c2ccccc2-c2c(N(c3cc4ccc5cccc6c7cccc8ccc9cccc(c(c3)c4c56)c9c87)c3ccccc3-c3ccccc3)cccc21. The van der Waals surface area contributed by atoms with E-state index in [0.717, 1.165) is 11.4 Å². The molecule has 56 heavy (non-hydrogen) atoms. The Morgan fingerprint density at radius 1 is 0.357 bits per heavy atom. The van der Waals surface area contributed by atoms with Crippen LogP contribution >= 0.6 is 0 Å². The van der Waals surface area contributed by atoms with Crippen molar-refractivity contribution >= 4 is 81.7 Å². The summed E-state index contributed by atoms with van der Waals surface area (Å²) < 4.78 is 0. The molecule has 1 aliphatic rings. The molecule has 0 N–H and O–H groups in total. The van der Waals surface area contributed by atoms with E-state index >= 15 is 0 Å². The molecule has 11 aromatic carbocycles. The Balaban J connectivity index is 1.28. The fourth-order valence-corrected chi connectivity index (χ4v) is 10.3. The van der Waals surface area contributed by atoms with Gasteiger partial charge >= 0.3 is 0 Å². The highest BCUT2D eigenvalue weighted by Crippen LogP contribution is 2.55. The van der Waals surface area contributed by atoms with E-state index in [-0.39, 0.29) is 5.41 Å². The fourth-order valence-electron chi connectivity index (χ4n) is 10.3. The van der Waals surface area contributed by atoms with Gasteiger partial charge in [-0.2, -0.15) is 0 Å². The van der Waals surface area contributed by atoms with E-state index in [9.17, 15) is 0 Å². The number of hydrogen-bond acceptors (Lipinski definition) is 1. The van der Waals surface area contributed by atoms with Gasteiger partial charge in [-0.1, -0.05) is 178 Å². The van der Waals surface area contributed by atoms with Gasteiger partial charge in [0.25, 0.3) is 0 Å². The summed E-state index contributed by atoms with van der Waals surface area (Å²) in [5, 5.41) is 15.4. The van der Waals surface area contributed by atoms with E-state index in [1.807, 2.05) is 0 Å². The van der Waals surface area contributed by atoms with Crippen LogP contribution in [0.1, 0.15) is 25.0 Å². The van der Waals surface area contributed by atoms with Crippen LogP contribution in [-0.2, 0) is 5.41 Å². The molecule has 0 aromatic heterocycles. The first-order valence-corrected chi connectivity index (χ1v) is 19.7. The van der Waals surface area contributed by atoms with Gasteiger partial charge in [0.15, 0.2) is 0 Å². The topological polar surface area (TPSA) is 3.24 Å². The van der Waals surface area contributed by atoms with Gasteiger partial charge in [-0.25, -0.2) is 0 Å². The Morgan fingerprint density at radius 2 is 0.857 bits per heavy atom. The van der Waals surface area contributed by atoms with Crippen LogP contribution in [0.25, 0.3) is 86.9 Å². The molecule has 0 spiro atoms. The van der Waals surface area contributed by atoms with Crippen molar-refractivity contribution in [1.29, 1.82) is 0 Å². The van der Waals surface area contributed by atoms with Crippen molar-refractivity contribution in [2.45, 2.75) is 19.3 Å². The van der Waals surface area contributed by atoms with Crippen LogP contribution in [0.15, 0.2) is 188 Å². The molecule has 0 unspecified atom stereocenters. The number of hydrogen-bond donors (Lipinski definition) is 0. The van der Waals surface area contributed by atoms with Crippen LogP contribution in [0.4, 0.5) is 17.1 Å². The summed E-state index contributed by atoms with van der Waals surface area (Å²) in [5.41, 5.74) is 11.1. The predicted molar refractivity (Wildman–Crippen MR) is 240 cm³/mol. The average molecular weight is 712 g/mol. The number of fused-ring (bicyclic) bond motifs is 5. The quantitative estimate of drug-likeness (QED) is 0.164. The van der Waals surface area contributed by atoms with Crippen molar-refractivity contribution in [3.63, 3.8) is 0 Å². The minimum absolute atomic E-state index is 0.130. The summed E-state index contributed by atoms with van der Waals surface area (Å²) in [4.78, 5) is 2.55. The maximum atomic E-state index is 2.55. The molecule has 0 saturated carbocycles. The summed E-state index contributed by atoms with van der Waals surface area (Å²) in [6.07, 6.45) is 0. The van der Waals surface area contributed by atoms with Gasteiger partial charge in [0, 0.05) is 22.2 Å². The lowest BCUT2D eigenvalue weighted by Gasteiger charge is -2.31. The van der Waals surface area contributed by atoms with Crippen LogP contribution in [0.3, 0.4) is 0 Å². The van der Waals surface area contributed by atoms with Gasteiger partial charge in [-0.05, 0) is 111 Å². The Kier molecular flexibility index (Phi) is 6.46. The molecule has 262 valence electrons. The number of anilines is 3. The highest BCUT2D eigenvalue weighted by molar-refractivity contribution is 6.37. The number of rotatable bonds is 4. The lowest BCUT2D eigenvalue weighted by atomic mass is 9.82. The van der Waals surface area contributed by atoms with Crippen LogP contribution in [0.2, 0.25) is 0 Å². The zero-order valence-corrected chi connectivity index (χ0v) is 31.3. The normalized spacial score (nSPS) is 13.3. The second kappa shape index (κ2) is 11.5. The molecule has 0 saturated heterocycles. The minimum atomic E-state index is -0.130. The van der Waals surface area contributed by atoms with Gasteiger partial charge in [-0.3, -0.25) is 0 Å². The lowest BCUT2D eigenvalue weighted by Crippen LogP contribution is -2.16. The lowest BCUT2D eigenvalue weighted by molar-refractivity contribution is 0.660. The van der Waals surface area contributed by atoms with Crippen molar-refractivity contribution in [2.24, 2.45) is 0 Å². The Morgan fingerprint density at radius 3 is 1.54 bits per heavy atom. The Hall–Kier alpha value is -6.96. The molecule has 0 heterocycles. The molecule has 1 nitrogen and oxygen atoms in total. The smallest absolute Gasteiger partial charge is 0.0543 e. The number of para-hydroxylation sites is 1. The second-order valence-corrected chi connectivity index (χ2v) is 16.0. The molecule has 0 bridgehead atoms. The van der Waals surface area contributed by atoms with Crippen LogP contribution in [-0.4, -0.2) is 0 Å². The minimum Gasteiger partial charge on any atom is -0.309 e. The van der Waals surface area contributed by atoms with Gasteiger partial charge < -0.3 is 4.90 Å². The van der Waals surface area contributed by atoms with E-state index in [4.69, 9.17) is 0 Å². The molecule has 0 aliphatic heterocycles. The van der Waals surface area contributed by atoms with Crippen molar-refractivity contribution < 1.29 is 0 Å². The largest absolute Gasteiger partial charge is 0.309 e.